The smallest absolute Gasteiger partial charge is 0.248 e. The molecule has 0 radical (unpaired) electrons. The molecule has 1 aliphatic heterocycles. The van der Waals surface area contributed by atoms with E-state index in [-0.39, 0.29) is 12.5 Å². The number of rotatable bonds is 8. The van der Waals surface area contributed by atoms with E-state index >= 15 is 0 Å². The molecule has 0 bridgehead atoms. The first-order chi connectivity index (χ1) is 13.5. The monoisotopic (exact) mass is 386 g/mol. The van der Waals surface area contributed by atoms with Crippen LogP contribution in [0.5, 0.6) is 0 Å². The summed E-state index contributed by atoms with van der Waals surface area (Å²) >= 11 is 0. The van der Waals surface area contributed by atoms with Crippen LogP contribution in [0.1, 0.15) is 32.2 Å². The van der Waals surface area contributed by atoms with Gasteiger partial charge >= 0.3 is 0 Å². The molecule has 1 saturated heterocycles. The molecule has 3 rings (SSSR count). The first-order valence-electron chi connectivity index (χ1n) is 10.0. The Labute approximate surface area is 166 Å². The van der Waals surface area contributed by atoms with Crippen LogP contribution in [0.2, 0.25) is 0 Å². The van der Waals surface area contributed by atoms with Crippen molar-refractivity contribution in [2.45, 2.75) is 33.7 Å². The molecule has 28 heavy (non-hydrogen) atoms. The Kier molecular flexibility index (Phi) is 7.17. The molecule has 1 amide bonds. The lowest BCUT2D eigenvalue weighted by molar-refractivity contribution is -0.137. The number of piperazine rings is 1. The van der Waals surface area contributed by atoms with Gasteiger partial charge in [-0.15, -0.1) is 0 Å². The highest BCUT2D eigenvalue weighted by Crippen LogP contribution is 2.20. The lowest BCUT2D eigenvalue weighted by atomic mass is 10.1. The van der Waals surface area contributed by atoms with E-state index in [0.717, 1.165) is 44.7 Å². The summed E-state index contributed by atoms with van der Waals surface area (Å²) < 4.78 is 10.6. The maximum Gasteiger partial charge on any atom is 0.248 e. The number of ether oxygens (including phenoxy) is 1. The van der Waals surface area contributed by atoms with Crippen LogP contribution in [0, 0.1) is 5.92 Å². The Morgan fingerprint density at radius 1 is 1.25 bits per heavy atom. The number of hydrogen-bond acceptors (Lipinski definition) is 6. The van der Waals surface area contributed by atoms with E-state index in [9.17, 15) is 4.79 Å². The summed E-state index contributed by atoms with van der Waals surface area (Å²) in [5, 5.41) is 4.13. The van der Waals surface area contributed by atoms with Gasteiger partial charge in [0.1, 0.15) is 6.61 Å². The number of nitrogens with zero attached hydrogens (tertiary/aromatic N) is 4. The van der Waals surface area contributed by atoms with Crippen LogP contribution < -0.4 is 0 Å². The molecule has 0 saturated carbocycles. The first-order valence-corrected chi connectivity index (χ1v) is 10.0. The first kappa shape index (κ1) is 20.5. The summed E-state index contributed by atoms with van der Waals surface area (Å²) in [6.07, 6.45) is 0.791. The van der Waals surface area contributed by atoms with Gasteiger partial charge in [-0.05, 0) is 24.5 Å². The minimum atomic E-state index is 0.0813. The molecular formula is C21H30N4O3. The van der Waals surface area contributed by atoms with Gasteiger partial charge in [-0.3, -0.25) is 9.69 Å². The predicted octanol–water partition coefficient (Wildman–Crippen LogP) is 2.62. The van der Waals surface area contributed by atoms with Crippen LogP contribution >= 0.6 is 0 Å². The zero-order valence-electron chi connectivity index (χ0n) is 17.1. The molecule has 152 valence electrons. The summed E-state index contributed by atoms with van der Waals surface area (Å²) in [6, 6.07) is 8.28. The minimum Gasteiger partial charge on any atom is -0.372 e. The van der Waals surface area contributed by atoms with E-state index in [1.54, 1.807) is 0 Å². The van der Waals surface area contributed by atoms with Crippen molar-refractivity contribution in [3.05, 3.63) is 35.7 Å². The second-order valence-electron chi connectivity index (χ2n) is 7.60. The lowest BCUT2D eigenvalue weighted by Gasteiger charge is -2.34. The molecule has 1 aliphatic rings. The average Bonchev–Trinajstić information content (AvgIpc) is 3.15. The second-order valence-corrected chi connectivity index (χ2v) is 7.60. The van der Waals surface area contributed by atoms with E-state index in [0.29, 0.717) is 24.2 Å². The molecule has 7 heteroatoms. The lowest BCUT2D eigenvalue weighted by Crippen LogP contribution is -2.49. The molecule has 0 spiro atoms. The van der Waals surface area contributed by atoms with E-state index < -0.39 is 0 Å². The van der Waals surface area contributed by atoms with Crippen molar-refractivity contribution in [3.63, 3.8) is 0 Å². The number of aromatic nitrogens is 2. The van der Waals surface area contributed by atoms with Crippen molar-refractivity contribution in [1.29, 1.82) is 0 Å². The number of benzene rings is 1. The van der Waals surface area contributed by atoms with Crippen molar-refractivity contribution >= 4 is 5.91 Å². The molecule has 0 N–H and O–H groups in total. The predicted molar refractivity (Wildman–Crippen MR) is 107 cm³/mol. The van der Waals surface area contributed by atoms with Gasteiger partial charge in [-0.2, -0.15) is 4.98 Å². The average molecular weight is 386 g/mol. The number of hydrogen-bond donors (Lipinski definition) is 0. The zero-order chi connectivity index (χ0) is 19.9. The summed E-state index contributed by atoms with van der Waals surface area (Å²) in [6.45, 7) is 11.0. The summed E-state index contributed by atoms with van der Waals surface area (Å²) in [7, 11) is 0. The molecule has 2 heterocycles. The Hall–Kier alpha value is -2.25. The topological polar surface area (TPSA) is 71.7 Å². The van der Waals surface area contributed by atoms with E-state index in [1.807, 2.05) is 24.0 Å². The Morgan fingerprint density at radius 3 is 2.75 bits per heavy atom. The largest absolute Gasteiger partial charge is 0.372 e. The highest BCUT2D eigenvalue weighted by molar-refractivity contribution is 5.77. The van der Waals surface area contributed by atoms with Crippen LogP contribution in [0.3, 0.4) is 0 Å². The van der Waals surface area contributed by atoms with Crippen LogP contribution in [0.25, 0.3) is 11.4 Å². The third-order valence-electron chi connectivity index (χ3n) is 4.80. The van der Waals surface area contributed by atoms with Gasteiger partial charge in [-0.25, -0.2) is 0 Å². The number of carbonyl (C=O) groups excluding carboxylic acids is 1. The summed E-state index contributed by atoms with van der Waals surface area (Å²) in [4.78, 5) is 20.8. The van der Waals surface area contributed by atoms with Crippen molar-refractivity contribution < 1.29 is 14.1 Å². The van der Waals surface area contributed by atoms with Crippen LogP contribution in [0.15, 0.2) is 28.8 Å². The molecule has 0 atom stereocenters. The molecule has 0 aliphatic carbocycles. The Morgan fingerprint density at radius 2 is 2.04 bits per heavy atom. The maximum atomic E-state index is 12.1. The third-order valence-corrected chi connectivity index (χ3v) is 4.80. The second kappa shape index (κ2) is 9.80. The molecule has 1 fully saturated rings. The Bertz CT molecular complexity index is 767. The highest BCUT2D eigenvalue weighted by atomic mass is 16.5. The fraction of sp³-hybridized carbons (Fsp3) is 0.571. The van der Waals surface area contributed by atoms with Gasteiger partial charge in [0.05, 0.1) is 0 Å². The molecule has 1 aromatic carbocycles. The zero-order valence-corrected chi connectivity index (χ0v) is 17.1. The van der Waals surface area contributed by atoms with Gasteiger partial charge in [0, 0.05) is 51.3 Å². The Balaban J connectivity index is 1.55. The number of carbonyl (C=O) groups is 1. The van der Waals surface area contributed by atoms with E-state index in [1.165, 1.54) is 5.56 Å². The maximum absolute atomic E-state index is 12.1. The molecule has 7 nitrogen and oxygen atoms in total. The molecule has 2 aromatic rings. The molecular weight excluding hydrogens is 356 g/mol. The quantitative estimate of drug-likeness (QED) is 0.694. The SMILES string of the molecule is CCOCC(=O)N1CCN(Cc2cccc(-c3noc(CC(C)C)n3)c2)CC1. The van der Waals surface area contributed by atoms with Crippen LogP contribution in [-0.4, -0.2) is 65.2 Å². The van der Waals surface area contributed by atoms with E-state index in [2.05, 4.69) is 41.0 Å². The van der Waals surface area contributed by atoms with Crippen molar-refractivity contribution in [2.75, 3.05) is 39.4 Å². The standard InChI is InChI=1S/C21H30N4O3/c1-4-27-15-20(26)25-10-8-24(9-11-25)14-17-6-5-7-18(13-17)21-22-19(28-23-21)12-16(2)3/h5-7,13,16H,4,8-12,14-15H2,1-3H3. The van der Waals surface area contributed by atoms with Gasteiger partial charge < -0.3 is 14.2 Å². The van der Waals surface area contributed by atoms with Crippen molar-refractivity contribution in [1.82, 2.24) is 19.9 Å². The fourth-order valence-electron chi connectivity index (χ4n) is 3.31. The third kappa shape index (κ3) is 5.62. The minimum absolute atomic E-state index is 0.0813. The van der Waals surface area contributed by atoms with Gasteiger partial charge in [0.25, 0.3) is 0 Å². The van der Waals surface area contributed by atoms with Gasteiger partial charge in [0.15, 0.2) is 0 Å². The normalized spacial score (nSPS) is 15.4. The summed E-state index contributed by atoms with van der Waals surface area (Å²) in [5.41, 5.74) is 2.18. The summed E-state index contributed by atoms with van der Waals surface area (Å²) in [5.74, 6) is 1.89. The van der Waals surface area contributed by atoms with Crippen LogP contribution in [0.4, 0.5) is 0 Å². The van der Waals surface area contributed by atoms with Crippen LogP contribution in [-0.2, 0) is 22.5 Å². The molecule has 0 unspecified atom stereocenters. The van der Waals surface area contributed by atoms with Gasteiger partial charge in [0.2, 0.25) is 17.6 Å². The highest BCUT2D eigenvalue weighted by Gasteiger charge is 2.21. The molecule has 1 aromatic heterocycles. The fourth-order valence-corrected chi connectivity index (χ4v) is 3.31. The number of amides is 1. The van der Waals surface area contributed by atoms with Crippen molar-refractivity contribution in [3.8, 4) is 11.4 Å². The van der Waals surface area contributed by atoms with Crippen molar-refractivity contribution in [2.24, 2.45) is 5.92 Å². The van der Waals surface area contributed by atoms with Gasteiger partial charge in [-0.1, -0.05) is 37.2 Å². The van der Waals surface area contributed by atoms with E-state index in [4.69, 9.17) is 9.26 Å².